The zero-order valence-corrected chi connectivity index (χ0v) is 25.0. The Balaban J connectivity index is 1.10. The molecule has 0 spiro atoms. The van der Waals surface area contributed by atoms with Crippen LogP contribution in [0.2, 0.25) is 0 Å². The Kier molecular flexibility index (Phi) is 11.7. The molecule has 2 amide bonds. The van der Waals surface area contributed by atoms with E-state index in [1.54, 1.807) is 48.5 Å². The molecule has 4 aromatic carbocycles. The van der Waals surface area contributed by atoms with Gasteiger partial charge in [0.05, 0.1) is 13.2 Å². The number of benzene rings is 4. The summed E-state index contributed by atoms with van der Waals surface area (Å²) in [6.45, 7) is 1.88. The Hall–Kier alpha value is -5.64. The van der Waals surface area contributed by atoms with Crippen molar-refractivity contribution in [1.29, 1.82) is 10.8 Å². The van der Waals surface area contributed by atoms with E-state index in [1.165, 1.54) is 0 Å². The van der Waals surface area contributed by atoms with Gasteiger partial charge in [0.15, 0.2) is 0 Å². The van der Waals surface area contributed by atoms with Crippen LogP contribution in [0, 0.1) is 10.8 Å². The van der Waals surface area contributed by atoms with E-state index >= 15 is 0 Å². The number of amides is 2. The van der Waals surface area contributed by atoms with E-state index in [9.17, 15) is 9.59 Å². The number of hydrogen-bond acceptors (Lipinski definition) is 6. The minimum atomic E-state index is -0.203. The fourth-order valence-corrected chi connectivity index (χ4v) is 4.42. The van der Waals surface area contributed by atoms with Gasteiger partial charge in [0.25, 0.3) is 11.8 Å². The summed E-state index contributed by atoms with van der Waals surface area (Å²) in [6.07, 6.45) is 2.69. The molecule has 0 unspecified atom stereocenters. The molecular formula is C35H38N6O4. The molecule has 0 aliphatic rings. The molecule has 0 atom stereocenters. The van der Waals surface area contributed by atoms with E-state index in [1.807, 2.05) is 48.5 Å². The Labute approximate surface area is 262 Å². The van der Waals surface area contributed by atoms with Gasteiger partial charge in [0.2, 0.25) is 0 Å². The number of amidine groups is 2. The van der Waals surface area contributed by atoms with Crippen LogP contribution in [0.3, 0.4) is 0 Å². The molecule has 0 bridgehead atoms. The first-order valence-electron chi connectivity index (χ1n) is 14.7. The largest absolute Gasteiger partial charge is 0.494 e. The molecule has 45 heavy (non-hydrogen) atoms. The molecule has 0 radical (unpaired) electrons. The Bertz CT molecular complexity index is 1500. The van der Waals surface area contributed by atoms with E-state index in [0.717, 1.165) is 41.9 Å². The van der Waals surface area contributed by atoms with Crippen LogP contribution in [0.4, 0.5) is 0 Å². The SMILES string of the molecule is N=C(N)c1ccc(C(=O)NCc2cccc(OCCCCCOc3cccc(CNC(=O)c4ccc(C(=N)N)cc4)c3)c2)cc1. The van der Waals surface area contributed by atoms with Crippen molar-refractivity contribution in [2.75, 3.05) is 13.2 Å². The summed E-state index contributed by atoms with van der Waals surface area (Å²) in [4.78, 5) is 24.9. The van der Waals surface area contributed by atoms with Crippen LogP contribution in [0.25, 0.3) is 0 Å². The van der Waals surface area contributed by atoms with Crippen LogP contribution in [-0.4, -0.2) is 36.7 Å². The summed E-state index contributed by atoms with van der Waals surface area (Å²) >= 11 is 0. The van der Waals surface area contributed by atoms with E-state index < -0.39 is 0 Å². The van der Waals surface area contributed by atoms with Crippen LogP contribution in [0.5, 0.6) is 11.5 Å². The number of rotatable bonds is 16. The van der Waals surface area contributed by atoms with Crippen LogP contribution >= 0.6 is 0 Å². The molecular weight excluding hydrogens is 568 g/mol. The fraction of sp³-hybridized carbons (Fsp3) is 0.200. The molecule has 0 saturated heterocycles. The zero-order chi connectivity index (χ0) is 32.0. The smallest absolute Gasteiger partial charge is 0.251 e. The normalized spacial score (nSPS) is 10.5. The standard InChI is InChI=1S/C35H38N6O4/c36-32(37)26-10-14-28(15-11-26)34(42)40-22-24-6-4-8-30(20-24)44-18-2-1-3-19-45-31-9-5-7-25(21-31)23-41-35(43)29-16-12-27(13-17-29)33(38)39/h4-17,20-21H,1-3,18-19,22-23H2,(H3,36,37)(H3,38,39)(H,40,42)(H,41,43). The van der Waals surface area contributed by atoms with Gasteiger partial charge < -0.3 is 31.6 Å². The second kappa shape index (κ2) is 16.3. The van der Waals surface area contributed by atoms with Gasteiger partial charge in [0, 0.05) is 35.3 Å². The Morgan fingerprint density at radius 1 is 0.556 bits per heavy atom. The summed E-state index contributed by atoms with van der Waals surface area (Å²) in [5.74, 6) is 1.02. The summed E-state index contributed by atoms with van der Waals surface area (Å²) in [6, 6.07) is 28.5. The zero-order valence-electron chi connectivity index (χ0n) is 25.0. The van der Waals surface area contributed by atoms with Gasteiger partial charge in [0.1, 0.15) is 23.2 Å². The van der Waals surface area contributed by atoms with E-state index in [4.69, 9.17) is 31.8 Å². The molecule has 4 rings (SSSR count). The van der Waals surface area contributed by atoms with E-state index in [-0.39, 0.29) is 23.5 Å². The third-order valence-corrected chi connectivity index (χ3v) is 6.95. The topological polar surface area (TPSA) is 176 Å². The molecule has 0 aliphatic heterocycles. The quantitative estimate of drug-likeness (QED) is 0.0609. The van der Waals surface area contributed by atoms with Gasteiger partial charge in [-0.3, -0.25) is 20.4 Å². The second-order valence-electron chi connectivity index (χ2n) is 10.4. The first-order chi connectivity index (χ1) is 21.8. The van der Waals surface area contributed by atoms with Gasteiger partial charge >= 0.3 is 0 Å². The van der Waals surface area contributed by atoms with Gasteiger partial charge in [-0.05, 0) is 78.9 Å². The number of hydrogen-bond donors (Lipinski definition) is 6. The average Bonchev–Trinajstić information content (AvgIpc) is 3.06. The molecule has 0 aromatic heterocycles. The molecule has 0 aliphatic carbocycles. The molecule has 8 N–H and O–H groups in total. The molecule has 0 fully saturated rings. The lowest BCUT2D eigenvalue weighted by Gasteiger charge is -2.11. The third kappa shape index (κ3) is 10.2. The second-order valence-corrected chi connectivity index (χ2v) is 10.4. The lowest BCUT2D eigenvalue weighted by atomic mass is 10.1. The van der Waals surface area contributed by atoms with Crippen molar-refractivity contribution in [2.45, 2.75) is 32.4 Å². The highest BCUT2D eigenvalue weighted by molar-refractivity contribution is 5.99. The van der Waals surface area contributed by atoms with Gasteiger partial charge in [-0.1, -0.05) is 48.5 Å². The van der Waals surface area contributed by atoms with E-state index in [2.05, 4.69) is 10.6 Å². The first kappa shape index (κ1) is 32.3. The monoisotopic (exact) mass is 606 g/mol. The minimum absolute atomic E-state index is 0.0364. The van der Waals surface area contributed by atoms with Crippen LogP contribution in [0.15, 0.2) is 97.1 Å². The highest BCUT2D eigenvalue weighted by Gasteiger charge is 2.08. The lowest BCUT2D eigenvalue weighted by Crippen LogP contribution is -2.23. The first-order valence-corrected chi connectivity index (χ1v) is 14.7. The Morgan fingerprint density at radius 3 is 1.31 bits per heavy atom. The maximum absolute atomic E-state index is 12.5. The van der Waals surface area contributed by atoms with Crippen LogP contribution in [-0.2, 0) is 13.1 Å². The number of nitrogens with two attached hydrogens (primary N) is 2. The number of nitrogens with one attached hydrogen (secondary N) is 4. The van der Waals surface area contributed by atoms with Crippen molar-refractivity contribution in [3.05, 3.63) is 130 Å². The van der Waals surface area contributed by atoms with E-state index in [0.29, 0.717) is 48.6 Å². The van der Waals surface area contributed by atoms with Crippen LogP contribution in [0.1, 0.15) is 62.2 Å². The maximum Gasteiger partial charge on any atom is 0.251 e. The summed E-state index contributed by atoms with van der Waals surface area (Å²) in [7, 11) is 0. The summed E-state index contributed by atoms with van der Waals surface area (Å²) in [5.41, 5.74) is 14.9. The van der Waals surface area contributed by atoms with Crippen LogP contribution < -0.4 is 31.6 Å². The van der Waals surface area contributed by atoms with Crippen molar-refractivity contribution >= 4 is 23.5 Å². The van der Waals surface area contributed by atoms with Crippen molar-refractivity contribution in [3.63, 3.8) is 0 Å². The average molecular weight is 607 g/mol. The highest BCUT2D eigenvalue weighted by Crippen LogP contribution is 2.16. The van der Waals surface area contributed by atoms with Gasteiger partial charge in [-0.25, -0.2) is 0 Å². The molecule has 232 valence electrons. The maximum atomic E-state index is 12.5. The number of ether oxygens (including phenoxy) is 2. The molecule has 10 nitrogen and oxygen atoms in total. The molecule has 0 heterocycles. The fourth-order valence-electron chi connectivity index (χ4n) is 4.42. The summed E-state index contributed by atoms with van der Waals surface area (Å²) in [5, 5.41) is 20.7. The van der Waals surface area contributed by atoms with Crippen molar-refractivity contribution in [1.82, 2.24) is 10.6 Å². The predicted molar refractivity (Wildman–Crippen MR) is 175 cm³/mol. The van der Waals surface area contributed by atoms with Gasteiger partial charge in [-0.2, -0.15) is 0 Å². The predicted octanol–water partition coefficient (Wildman–Crippen LogP) is 4.74. The third-order valence-electron chi connectivity index (χ3n) is 6.95. The summed E-state index contributed by atoms with van der Waals surface area (Å²) < 4.78 is 11.8. The number of carbonyl (C=O) groups excluding carboxylic acids is 2. The van der Waals surface area contributed by atoms with Crippen molar-refractivity contribution < 1.29 is 19.1 Å². The van der Waals surface area contributed by atoms with Crippen molar-refractivity contribution in [2.24, 2.45) is 11.5 Å². The number of unbranched alkanes of at least 4 members (excludes halogenated alkanes) is 2. The number of nitrogen functional groups attached to an aromatic ring is 2. The Morgan fingerprint density at radius 2 is 0.933 bits per heavy atom. The molecule has 4 aromatic rings. The van der Waals surface area contributed by atoms with Gasteiger partial charge in [-0.15, -0.1) is 0 Å². The highest BCUT2D eigenvalue weighted by atomic mass is 16.5. The van der Waals surface area contributed by atoms with Crippen molar-refractivity contribution in [3.8, 4) is 11.5 Å². The number of carbonyl (C=O) groups is 2. The molecule has 10 heteroatoms. The molecule has 0 saturated carbocycles. The minimum Gasteiger partial charge on any atom is -0.494 e. The lowest BCUT2D eigenvalue weighted by molar-refractivity contribution is 0.0943.